The summed E-state index contributed by atoms with van der Waals surface area (Å²) in [7, 11) is 0. The van der Waals surface area contributed by atoms with Crippen LogP contribution in [-0.2, 0) is 22.9 Å². The molecule has 0 unspecified atom stereocenters. The molecule has 6 rings (SSSR count). The highest BCUT2D eigenvalue weighted by Gasteiger charge is 2.31. The second-order valence-electron chi connectivity index (χ2n) is 11.1. The summed E-state index contributed by atoms with van der Waals surface area (Å²) in [6.45, 7) is 6.47. The summed E-state index contributed by atoms with van der Waals surface area (Å²) in [4.78, 5) is 20.5. The van der Waals surface area contributed by atoms with Gasteiger partial charge in [0.15, 0.2) is 0 Å². The molecule has 0 spiro atoms. The van der Waals surface area contributed by atoms with Crippen molar-refractivity contribution in [1.82, 2.24) is 14.7 Å². The van der Waals surface area contributed by atoms with Crippen LogP contribution in [0.25, 0.3) is 22.3 Å². The van der Waals surface area contributed by atoms with Gasteiger partial charge in [-0.15, -0.1) is 0 Å². The summed E-state index contributed by atoms with van der Waals surface area (Å²) in [5, 5.41) is 4.53. The molecule has 2 aromatic heterocycles. The van der Waals surface area contributed by atoms with Crippen molar-refractivity contribution >= 4 is 16.6 Å². The molecule has 1 aliphatic heterocycles. The molecular formula is C32H28F4N4O3. The standard InChI is InChI=1S/C32H28F4N4O3/c1-31(2,21-7-9-23(33)10-8-21)30-37-29(38-43-30)26-19-40(18-20-3-5-22(6-4-20)32(34,35)36)27-17-24(11-12-25(27)28(26)41)39-13-15-42-16-14-39/h3-12,17,19H,13-16,18H2,1-2H3. The molecule has 0 bridgehead atoms. The molecule has 0 radical (unpaired) electrons. The van der Waals surface area contributed by atoms with Crippen LogP contribution < -0.4 is 10.3 Å². The summed E-state index contributed by atoms with van der Waals surface area (Å²) in [6.07, 6.45) is -2.83. The maximum absolute atomic E-state index is 13.8. The summed E-state index contributed by atoms with van der Waals surface area (Å²) in [5.74, 6) is -0.0478. The van der Waals surface area contributed by atoms with Crippen molar-refractivity contribution in [3.63, 3.8) is 0 Å². The third kappa shape index (κ3) is 5.64. The number of rotatable bonds is 6. The van der Waals surface area contributed by atoms with E-state index in [-0.39, 0.29) is 35.1 Å². The van der Waals surface area contributed by atoms with E-state index in [1.54, 1.807) is 24.4 Å². The molecule has 1 fully saturated rings. The highest BCUT2D eigenvalue weighted by Crippen LogP contribution is 2.33. The predicted octanol–water partition coefficient (Wildman–Crippen LogP) is 6.42. The van der Waals surface area contributed by atoms with E-state index in [0.717, 1.165) is 23.4 Å². The van der Waals surface area contributed by atoms with E-state index >= 15 is 0 Å². The first-order valence-corrected chi connectivity index (χ1v) is 13.8. The number of hydrogen-bond acceptors (Lipinski definition) is 6. The van der Waals surface area contributed by atoms with Gasteiger partial charge < -0.3 is 18.7 Å². The maximum Gasteiger partial charge on any atom is 0.416 e. The second-order valence-corrected chi connectivity index (χ2v) is 11.1. The average Bonchev–Trinajstić information content (AvgIpc) is 3.50. The van der Waals surface area contributed by atoms with Crippen molar-refractivity contribution in [3.8, 4) is 11.4 Å². The molecule has 1 aliphatic rings. The van der Waals surface area contributed by atoms with E-state index < -0.39 is 17.2 Å². The Kier molecular flexibility index (Phi) is 7.29. The van der Waals surface area contributed by atoms with Crippen LogP contribution in [0.15, 0.2) is 82.2 Å². The van der Waals surface area contributed by atoms with E-state index in [0.29, 0.717) is 42.8 Å². The van der Waals surface area contributed by atoms with Gasteiger partial charge in [-0.25, -0.2) is 4.39 Å². The number of benzene rings is 3. The minimum Gasteiger partial charge on any atom is -0.378 e. The van der Waals surface area contributed by atoms with Gasteiger partial charge in [-0.1, -0.05) is 29.4 Å². The van der Waals surface area contributed by atoms with Crippen LogP contribution in [0.4, 0.5) is 23.2 Å². The van der Waals surface area contributed by atoms with Crippen LogP contribution in [0.5, 0.6) is 0 Å². The Morgan fingerprint density at radius 2 is 1.58 bits per heavy atom. The summed E-state index contributed by atoms with van der Waals surface area (Å²) in [5.41, 5.74) is 1.26. The van der Waals surface area contributed by atoms with E-state index in [9.17, 15) is 22.4 Å². The number of alkyl halides is 3. The van der Waals surface area contributed by atoms with Crippen molar-refractivity contribution in [3.05, 3.63) is 112 Å². The first-order valence-electron chi connectivity index (χ1n) is 13.8. The number of nitrogens with zero attached hydrogens (tertiary/aromatic N) is 4. The van der Waals surface area contributed by atoms with Crippen molar-refractivity contribution in [2.45, 2.75) is 32.0 Å². The average molecular weight is 593 g/mol. The topological polar surface area (TPSA) is 73.4 Å². The fourth-order valence-electron chi connectivity index (χ4n) is 5.26. The van der Waals surface area contributed by atoms with Crippen LogP contribution in [-0.4, -0.2) is 41.0 Å². The zero-order valence-electron chi connectivity index (χ0n) is 23.5. The Labute approximate surface area is 244 Å². The van der Waals surface area contributed by atoms with Crippen LogP contribution >= 0.6 is 0 Å². The van der Waals surface area contributed by atoms with Gasteiger partial charge in [0.25, 0.3) is 0 Å². The molecule has 0 N–H and O–H groups in total. The zero-order valence-corrected chi connectivity index (χ0v) is 23.5. The molecule has 1 saturated heterocycles. The third-order valence-corrected chi connectivity index (χ3v) is 7.84. The zero-order chi connectivity index (χ0) is 30.4. The minimum absolute atomic E-state index is 0.0792. The van der Waals surface area contributed by atoms with Gasteiger partial charge in [0, 0.05) is 36.9 Å². The van der Waals surface area contributed by atoms with Gasteiger partial charge in [0.05, 0.1) is 35.3 Å². The minimum atomic E-state index is -4.44. The molecule has 222 valence electrons. The molecule has 0 aliphatic carbocycles. The lowest BCUT2D eigenvalue weighted by molar-refractivity contribution is -0.137. The quantitative estimate of drug-likeness (QED) is 0.212. The Balaban J connectivity index is 1.44. The second kappa shape index (κ2) is 11.0. The number of halogens is 4. The predicted molar refractivity (Wildman–Crippen MR) is 154 cm³/mol. The molecule has 11 heteroatoms. The number of pyridine rings is 1. The van der Waals surface area contributed by atoms with Gasteiger partial charge in [-0.3, -0.25) is 4.79 Å². The number of fused-ring (bicyclic) bond motifs is 1. The van der Waals surface area contributed by atoms with Gasteiger partial charge in [0.1, 0.15) is 5.82 Å². The van der Waals surface area contributed by atoms with Crippen molar-refractivity contribution in [2.24, 2.45) is 0 Å². The van der Waals surface area contributed by atoms with Crippen LogP contribution in [0.1, 0.15) is 36.4 Å². The van der Waals surface area contributed by atoms with Crippen LogP contribution in [0, 0.1) is 5.82 Å². The normalized spacial score (nSPS) is 14.4. The molecule has 7 nitrogen and oxygen atoms in total. The lowest BCUT2D eigenvalue weighted by Crippen LogP contribution is -2.36. The summed E-state index contributed by atoms with van der Waals surface area (Å²) in [6, 6.07) is 16.5. The van der Waals surface area contributed by atoms with E-state index in [2.05, 4.69) is 15.0 Å². The smallest absolute Gasteiger partial charge is 0.378 e. The van der Waals surface area contributed by atoms with Crippen molar-refractivity contribution in [2.75, 3.05) is 31.2 Å². The Bertz CT molecular complexity index is 1820. The number of aromatic nitrogens is 3. The van der Waals surface area contributed by atoms with Gasteiger partial charge >= 0.3 is 6.18 Å². The third-order valence-electron chi connectivity index (χ3n) is 7.84. The lowest BCUT2D eigenvalue weighted by atomic mass is 9.84. The monoisotopic (exact) mass is 592 g/mol. The Hall–Kier alpha value is -4.51. The first-order chi connectivity index (χ1) is 20.5. The molecule has 43 heavy (non-hydrogen) atoms. The molecular weight excluding hydrogens is 564 g/mol. The van der Waals surface area contributed by atoms with E-state index in [1.165, 1.54) is 24.3 Å². The molecule has 3 aromatic carbocycles. The van der Waals surface area contributed by atoms with Gasteiger partial charge in [-0.05, 0) is 67.4 Å². The van der Waals surface area contributed by atoms with Crippen molar-refractivity contribution in [1.29, 1.82) is 0 Å². The number of hydrogen-bond donors (Lipinski definition) is 0. The lowest BCUT2D eigenvalue weighted by Gasteiger charge is -2.29. The number of morpholine rings is 1. The van der Waals surface area contributed by atoms with Crippen LogP contribution in [0.3, 0.4) is 0 Å². The van der Waals surface area contributed by atoms with Gasteiger partial charge in [-0.2, -0.15) is 18.2 Å². The SMILES string of the molecule is CC(C)(c1ccc(F)cc1)c1nc(-c2cn(Cc3ccc(C(F)(F)F)cc3)c3cc(N4CCOCC4)ccc3c2=O)no1. The Morgan fingerprint density at radius 3 is 2.26 bits per heavy atom. The van der Waals surface area contributed by atoms with Crippen LogP contribution in [0.2, 0.25) is 0 Å². The maximum atomic E-state index is 13.8. The van der Waals surface area contributed by atoms with Crippen molar-refractivity contribution < 1.29 is 26.8 Å². The first kappa shape index (κ1) is 28.6. The highest BCUT2D eigenvalue weighted by molar-refractivity contribution is 5.86. The van der Waals surface area contributed by atoms with E-state index in [4.69, 9.17) is 9.26 Å². The fourth-order valence-corrected chi connectivity index (χ4v) is 5.26. The largest absolute Gasteiger partial charge is 0.416 e. The Morgan fingerprint density at radius 1 is 0.907 bits per heavy atom. The number of ether oxygens (including phenoxy) is 1. The molecule has 0 atom stereocenters. The molecule has 5 aromatic rings. The van der Waals surface area contributed by atoms with E-state index in [1.807, 2.05) is 30.5 Å². The fraction of sp³-hybridized carbons (Fsp3) is 0.281. The summed E-state index contributed by atoms with van der Waals surface area (Å²) < 4.78 is 66.0. The number of anilines is 1. The molecule has 3 heterocycles. The van der Waals surface area contributed by atoms with Gasteiger partial charge in [0.2, 0.25) is 17.1 Å². The summed E-state index contributed by atoms with van der Waals surface area (Å²) >= 11 is 0. The molecule has 0 amide bonds. The molecule has 0 saturated carbocycles. The highest BCUT2D eigenvalue weighted by atomic mass is 19.4.